The largest absolute Gasteiger partial charge is 0.383 e. The van der Waals surface area contributed by atoms with Gasteiger partial charge in [-0.05, 0) is 54.7 Å². The lowest BCUT2D eigenvalue weighted by Gasteiger charge is -2.33. The summed E-state index contributed by atoms with van der Waals surface area (Å²) in [7, 11) is 0. The minimum Gasteiger partial charge on any atom is -0.383 e. The minimum absolute atomic E-state index is 0.0528. The SMILES string of the molecule is Nc1nc(CN2CCN(CC(=O)Nc3ccc4c(c3)CCC4)CC2)nc2ccccc12. The Morgan fingerprint density at radius 3 is 2.61 bits per heavy atom. The third-order valence-electron chi connectivity index (χ3n) is 6.26. The number of nitrogens with two attached hydrogens (primary N) is 1. The first-order chi connectivity index (χ1) is 15.1. The molecule has 2 aromatic carbocycles. The zero-order valence-corrected chi connectivity index (χ0v) is 17.7. The van der Waals surface area contributed by atoms with E-state index in [0.717, 1.165) is 61.4 Å². The first-order valence-corrected chi connectivity index (χ1v) is 11.0. The number of aryl methyl sites for hydroxylation is 2. The molecular formula is C24H28N6O. The van der Waals surface area contributed by atoms with Gasteiger partial charge in [-0.3, -0.25) is 14.6 Å². The number of nitrogen functional groups attached to an aromatic ring is 1. The van der Waals surface area contributed by atoms with E-state index in [9.17, 15) is 4.79 Å². The maximum absolute atomic E-state index is 12.5. The van der Waals surface area contributed by atoms with Crippen LogP contribution in [0.25, 0.3) is 10.9 Å². The molecule has 2 aliphatic rings. The van der Waals surface area contributed by atoms with Crippen molar-refractivity contribution in [3.63, 3.8) is 0 Å². The zero-order valence-electron chi connectivity index (χ0n) is 17.7. The highest BCUT2D eigenvalue weighted by molar-refractivity contribution is 5.92. The highest BCUT2D eigenvalue weighted by atomic mass is 16.2. The van der Waals surface area contributed by atoms with Crippen LogP contribution in [0, 0.1) is 0 Å². The second-order valence-corrected chi connectivity index (χ2v) is 8.48. The highest BCUT2D eigenvalue weighted by Gasteiger charge is 2.20. The molecule has 0 unspecified atom stereocenters. The Bertz CT molecular complexity index is 1110. The number of amides is 1. The summed E-state index contributed by atoms with van der Waals surface area (Å²) in [5.74, 6) is 1.33. The molecule has 0 atom stereocenters. The van der Waals surface area contributed by atoms with E-state index in [2.05, 4.69) is 37.2 Å². The predicted octanol–water partition coefficient (Wildman–Crippen LogP) is 2.46. The smallest absolute Gasteiger partial charge is 0.238 e. The van der Waals surface area contributed by atoms with Crippen molar-refractivity contribution in [1.82, 2.24) is 19.8 Å². The van der Waals surface area contributed by atoms with Crippen LogP contribution in [-0.4, -0.2) is 58.4 Å². The van der Waals surface area contributed by atoms with Gasteiger partial charge in [-0.2, -0.15) is 0 Å². The third-order valence-corrected chi connectivity index (χ3v) is 6.26. The molecule has 1 aliphatic carbocycles. The summed E-state index contributed by atoms with van der Waals surface area (Å²) in [5.41, 5.74) is 10.7. The number of hydrogen-bond acceptors (Lipinski definition) is 6. The van der Waals surface area contributed by atoms with E-state index < -0.39 is 0 Å². The van der Waals surface area contributed by atoms with Gasteiger partial charge in [0, 0.05) is 37.3 Å². The first kappa shape index (κ1) is 19.9. The Labute approximate surface area is 182 Å². The number of carbonyl (C=O) groups excluding carboxylic acids is 1. The fourth-order valence-corrected chi connectivity index (χ4v) is 4.58. The standard InChI is InChI=1S/C24H28N6O/c25-24-20-6-1-2-7-21(20)27-22(28-24)15-29-10-12-30(13-11-29)16-23(31)26-19-9-8-17-4-3-5-18(17)14-19/h1-2,6-9,14H,3-5,10-13,15-16H2,(H,26,31)(H2,25,27,28). The van der Waals surface area contributed by atoms with Crippen molar-refractivity contribution in [2.24, 2.45) is 0 Å². The average Bonchev–Trinajstić information content (AvgIpc) is 3.23. The predicted molar refractivity (Wildman–Crippen MR) is 123 cm³/mol. The Hall–Kier alpha value is -3.03. The highest BCUT2D eigenvalue weighted by Crippen LogP contribution is 2.25. The van der Waals surface area contributed by atoms with Gasteiger partial charge >= 0.3 is 0 Å². The van der Waals surface area contributed by atoms with E-state index in [-0.39, 0.29) is 5.91 Å². The molecule has 1 amide bonds. The monoisotopic (exact) mass is 416 g/mol. The van der Waals surface area contributed by atoms with Crippen molar-refractivity contribution >= 4 is 28.3 Å². The lowest BCUT2D eigenvalue weighted by molar-refractivity contribution is -0.117. The van der Waals surface area contributed by atoms with Gasteiger partial charge in [-0.1, -0.05) is 18.2 Å². The number of piperazine rings is 1. The van der Waals surface area contributed by atoms with E-state index >= 15 is 0 Å². The number of para-hydroxylation sites is 1. The number of rotatable bonds is 5. The summed E-state index contributed by atoms with van der Waals surface area (Å²) < 4.78 is 0. The third kappa shape index (κ3) is 4.52. The lowest BCUT2D eigenvalue weighted by Crippen LogP contribution is -2.48. The molecule has 1 saturated heterocycles. The Balaban J connectivity index is 1.12. The van der Waals surface area contributed by atoms with Crippen LogP contribution in [0.1, 0.15) is 23.4 Å². The van der Waals surface area contributed by atoms with Crippen LogP contribution >= 0.6 is 0 Å². The Morgan fingerprint density at radius 1 is 0.968 bits per heavy atom. The maximum Gasteiger partial charge on any atom is 0.238 e. The number of benzene rings is 2. The van der Waals surface area contributed by atoms with Gasteiger partial charge in [-0.25, -0.2) is 9.97 Å². The number of anilines is 2. The van der Waals surface area contributed by atoms with E-state index in [1.165, 1.54) is 17.5 Å². The molecule has 5 rings (SSSR count). The molecule has 7 nitrogen and oxygen atoms in total. The first-order valence-electron chi connectivity index (χ1n) is 11.0. The molecule has 0 bridgehead atoms. The summed E-state index contributed by atoms with van der Waals surface area (Å²) in [6.45, 7) is 4.54. The van der Waals surface area contributed by atoms with Crippen LogP contribution in [0.15, 0.2) is 42.5 Å². The normalized spacial score (nSPS) is 17.0. The van der Waals surface area contributed by atoms with Gasteiger partial charge in [0.1, 0.15) is 11.6 Å². The van der Waals surface area contributed by atoms with Crippen molar-refractivity contribution in [3.05, 3.63) is 59.4 Å². The molecule has 0 spiro atoms. The number of hydrogen-bond donors (Lipinski definition) is 2. The van der Waals surface area contributed by atoms with E-state index in [4.69, 9.17) is 5.73 Å². The quantitative estimate of drug-likeness (QED) is 0.664. The summed E-state index contributed by atoms with van der Waals surface area (Å²) in [6, 6.07) is 14.1. The van der Waals surface area contributed by atoms with E-state index in [0.29, 0.717) is 18.9 Å². The van der Waals surface area contributed by atoms with Crippen molar-refractivity contribution in [2.45, 2.75) is 25.8 Å². The number of nitrogens with zero attached hydrogens (tertiary/aromatic N) is 4. The van der Waals surface area contributed by atoms with Crippen molar-refractivity contribution in [2.75, 3.05) is 43.8 Å². The second-order valence-electron chi connectivity index (χ2n) is 8.48. The van der Waals surface area contributed by atoms with Crippen LogP contribution in [-0.2, 0) is 24.2 Å². The fourth-order valence-electron chi connectivity index (χ4n) is 4.58. The van der Waals surface area contributed by atoms with Gasteiger partial charge in [-0.15, -0.1) is 0 Å². The molecule has 1 aliphatic heterocycles. The molecule has 0 saturated carbocycles. The molecule has 7 heteroatoms. The molecule has 1 fully saturated rings. The number of aromatic nitrogens is 2. The minimum atomic E-state index is 0.0528. The number of carbonyl (C=O) groups is 1. The molecule has 31 heavy (non-hydrogen) atoms. The van der Waals surface area contributed by atoms with E-state index in [1.54, 1.807) is 0 Å². The summed E-state index contributed by atoms with van der Waals surface area (Å²) in [4.78, 5) is 26.2. The Morgan fingerprint density at radius 2 is 1.74 bits per heavy atom. The summed E-state index contributed by atoms with van der Waals surface area (Å²) in [6.07, 6.45) is 3.49. The van der Waals surface area contributed by atoms with Crippen molar-refractivity contribution < 1.29 is 4.79 Å². The lowest BCUT2D eigenvalue weighted by atomic mass is 10.1. The molecule has 3 aromatic rings. The average molecular weight is 417 g/mol. The van der Waals surface area contributed by atoms with E-state index in [1.807, 2.05) is 30.3 Å². The Kier molecular flexibility index (Phi) is 5.53. The topological polar surface area (TPSA) is 87.4 Å². The van der Waals surface area contributed by atoms with Gasteiger partial charge < -0.3 is 11.1 Å². The molecule has 0 radical (unpaired) electrons. The van der Waals surface area contributed by atoms with Crippen LogP contribution in [0.2, 0.25) is 0 Å². The van der Waals surface area contributed by atoms with Crippen molar-refractivity contribution in [1.29, 1.82) is 0 Å². The second kappa shape index (κ2) is 8.61. The molecule has 1 aromatic heterocycles. The molecule has 160 valence electrons. The van der Waals surface area contributed by atoms with Gasteiger partial charge in [0.25, 0.3) is 0 Å². The van der Waals surface area contributed by atoms with Crippen LogP contribution in [0.4, 0.5) is 11.5 Å². The van der Waals surface area contributed by atoms with Crippen LogP contribution in [0.5, 0.6) is 0 Å². The number of fused-ring (bicyclic) bond motifs is 2. The van der Waals surface area contributed by atoms with Gasteiger partial charge in [0.05, 0.1) is 18.6 Å². The molecular weight excluding hydrogens is 388 g/mol. The molecule has 2 heterocycles. The van der Waals surface area contributed by atoms with Gasteiger partial charge in [0.15, 0.2) is 0 Å². The van der Waals surface area contributed by atoms with Gasteiger partial charge in [0.2, 0.25) is 5.91 Å². The number of nitrogens with one attached hydrogen (secondary N) is 1. The van der Waals surface area contributed by atoms with Crippen LogP contribution < -0.4 is 11.1 Å². The van der Waals surface area contributed by atoms with Crippen LogP contribution in [0.3, 0.4) is 0 Å². The zero-order chi connectivity index (χ0) is 21.2. The fraction of sp³-hybridized carbons (Fsp3) is 0.375. The summed E-state index contributed by atoms with van der Waals surface area (Å²) in [5, 5.41) is 3.96. The molecule has 3 N–H and O–H groups in total. The maximum atomic E-state index is 12.5. The summed E-state index contributed by atoms with van der Waals surface area (Å²) >= 11 is 0. The van der Waals surface area contributed by atoms with Crippen molar-refractivity contribution in [3.8, 4) is 0 Å².